The normalized spacial score (nSPS) is 13.2. The number of rotatable bonds is 4. The molecule has 0 aliphatic rings. The number of nitrogens with two attached hydrogens (primary N) is 1. The van der Waals surface area contributed by atoms with Crippen LogP contribution in [-0.2, 0) is 15.7 Å². The lowest BCUT2D eigenvalue weighted by atomic mass is 9.98. The third-order valence-electron chi connectivity index (χ3n) is 2.42. The van der Waals surface area contributed by atoms with Crippen LogP contribution in [0, 0.1) is 0 Å². The van der Waals surface area contributed by atoms with Gasteiger partial charge in [0.25, 0.3) is 0 Å². The molecule has 0 aliphatic heterocycles. The summed E-state index contributed by atoms with van der Waals surface area (Å²) in [5, 5.41) is -0.119. The highest BCUT2D eigenvalue weighted by molar-refractivity contribution is 6.31. The second-order valence-corrected chi connectivity index (χ2v) is 4.22. The van der Waals surface area contributed by atoms with Gasteiger partial charge in [0.15, 0.2) is 0 Å². The molecule has 3 nitrogen and oxygen atoms in total. The Morgan fingerprint density at radius 2 is 2.11 bits per heavy atom. The molecule has 1 aromatic rings. The number of alkyl halides is 3. The Balaban J connectivity index is 3.08. The number of ether oxygens (including phenoxy) is 1. The molecule has 2 N–H and O–H groups in total. The molecule has 1 aromatic carbocycles. The summed E-state index contributed by atoms with van der Waals surface area (Å²) >= 11 is 5.76. The zero-order valence-corrected chi connectivity index (χ0v) is 10.9. The van der Waals surface area contributed by atoms with Gasteiger partial charge in [0.1, 0.15) is 0 Å². The van der Waals surface area contributed by atoms with Crippen molar-refractivity contribution < 1.29 is 22.7 Å². The maximum atomic E-state index is 12.8. The van der Waals surface area contributed by atoms with Crippen molar-refractivity contribution in [3.8, 4) is 0 Å². The van der Waals surface area contributed by atoms with Crippen molar-refractivity contribution in [1.82, 2.24) is 0 Å². The monoisotopic (exact) mass is 295 g/mol. The fourth-order valence-corrected chi connectivity index (χ4v) is 1.98. The zero-order valence-electron chi connectivity index (χ0n) is 10.1. The Hall–Kier alpha value is -1.27. The van der Waals surface area contributed by atoms with Crippen molar-refractivity contribution in [3.63, 3.8) is 0 Å². The minimum Gasteiger partial charge on any atom is -0.466 e. The van der Waals surface area contributed by atoms with E-state index in [2.05, 4.69) is 4.74 Å². The van der Waals surface area contributed by atoms with Gasteiger partial charge in [-0.3, -0.25) is 4.79 Å². The molecule has 0 spiro atoms. The number of carbonyl (C=O) groups excluding carboxylic acids is 1. The van der Waals surface area contributed by atoms with Crippen LogP contribution in [0.5, 0.6) is 0 Å². The van der Waals surface area contributed by atoms with Crippen LogP contribution >= 0.6 is 11.6 Å². The Labute approximate surface area is 113 Å². The molecule has 0 unspecified atom stereocenters. The maximum Gasteiger partial charge on any atom is 0.416 e. The fraction of sp³-hybridized carbons (Fsp3) is 0.417. The molecule has 0 aliphatic carbocycles. The van der Waals surface area contributed by atoms with Crippen molar-refractivity contribution in [2.45, 2.75) is 25.6 Å². The van der Waals surface area contributed by atoms with Gasteiger partial charge in [-0.1, -0.05) is 17.7 Å². The predicted molar refractivity (Wildman–Crippen MR) is 64.6 cm³/mol. The molecular weight excluding hydrogens is 283 g/mol. The van der Waals surface area contributed by atoms with Gasteiger partial charge < -0.3 is 10.5 Å². The molecule has 0 radical (unpaired) electrons. The molecule has 0 bridgehead atoms. The number of hydrogen-bond acceptors (Lipinski definition) is 3. The smallest absolute Gasteiger partial charge is 0.416 e. The van der Waals surface area contributed by atoms with Crippen LogP contribution in [0.15, 0.2) is 18.2 Å². The molecule has 106 valence electrons. The molecule has 1 rings (SSSR count). The zero-order chi connectivity index (χ0) is 14.6. The highest BCUT2D eigenvalue weighted by Crippen LogP contribution is 2.38. The minimum absolute atomic E-state index is 0.119. The number of carbonyl (C=O) groups is 1. The van der Waals surface area contributed by atoms with Crippen LogP contribution in [0.3, 0.4) is 0 Å². The Morgan fingerprint density at radius 1 is 1.47 bits per heavy atom. The Morgan fingerprint density at radius 3 is 2.63 bits per heavy atom. The second kappa shape index (κ2) is 6.25. The van der Waals surface area contributed by atoms with Gasteiger partial charge in [0.2, 0.25) is 0 Å². The topological polar surface area (TPSA) is 52.3 Å². The number of benzene rings is 1. The summed E-state index contributed by atoms with van der Waals surface area (Å²) in [6, 6.07) is 2.21. The van der Waals surface area contributed by atoms with Crippen molar-refractivity contribution >= 4 is 17.6 Å². The van der Waals surface area contributed by atoms with Crippen LogP contribution < -0.4 is 5.73 Å². The first-order valence-electron chi connectivity index (χ1n) is 5.54. The van der Waals surface area contributed by atoms with E-state index in [-0.39, 0.29) is 23.6 Å². The van der Waals surface area contributed by atoms with E-state index >= 15 is 0 Å². The number of halogens is 4. The van der Waals surface area contributed by atoms with E-state index < -0.39 is 23.8 Å². The van der Waals surface area contributed by atoms with E-state index in [4.69, 9.17) is 17.3 Å². The van der Waals surface area contributed by atoms with E-state index in [1.54, 1.807) is 6.92 Å². The largest absolute Gasteiger partial charge is 0.466 e. The van der Waals surface area contributed by atoms with E-state index in [0.717, 1.165) is 6.07 Å². The van der Waals surface area contributed by atoms with Crippen LogP contribution in [0.1, 0.15) is 30.5 Å². The number of esters is 1. The molecule has 0 fully saturated rings. The van der Waals surface area contributed by atoms with Gasteiger partial charge in [-0.25, -0.2) is 0 Å². The Bertz CT molecular complexity index is 463. The van der Waals surface area contributed by atoms with Crippen LogP contribution in [0.25, 0.3) is 0 Å². The number of hydrogen-bond donors (Lipinski definition) is 1. The predicted octanol–water partition coefficient (Wildman–Crippen LogP) is 3.31. The average Bonchev–Trinajstić information content (AvgIpc) is 2.27. The molecule has 0 saturated heterocycles. The molecule has 0 amide bonds. The van der Waals surface area contributed by atoms with Gasteiger partial charge in [-0.2, -0.15) is 13.2 Å². The summed E-state index contributed by atoms with van der Waals surface area (Å²) in [4.78, 5) is 11.3. The minimum atomic E-state index is -4.58. The lowest BCUT2D eigenvalue weighted by Gasteiger charge is -2.19. The molecule has 0 aromatic heterocycles. The van der Waals surface area contributed by atoms with Crippen molar-refractivity contribution in [1.29, 1.82) is 0 Å². The van der Waals surface area contributed by atoms with Crippen molar-refractivity contribution in [2.24, 2.45) is 5.73 Å². The third kappa shape index (κ3) is 4.11. The molecule has 0 heterocycles. The summed E-state index contributed by atoms with van der Waals surface area (Å²) in [5.41, 5.74) is 4.42. The van der Waals surface area contributed by atoms with Crippen molar-refractivity contribution in [3.05, 3.63) is 34.3 Å². The first-order chi connectivity index (χ1) is 8.77. The SMILES string of the molecule is CCOC(=O)C[C@@H](N)c1c(Cl)cccc1C(F)(F)F. The molecule has 7 heteroatoms. The first kappa shape index (κ1) is 15.8. The molecule has 1 atom stereocenters. The highest BCUT2D eigenvalue weighted by Gasteiger charge is 2.36. The standard InChI is InChI=1S/C12H13ClF3NO2/c1-2-19-10(18)6-9(17)11-7(12(14,15)16)4-3-5-8(11)13/h3-5,9H,2,6,17H2,1H3/t9-/m1/s1. The summed E-state index contributed by atoms with van der Waals surface area (Å²) in [6.45, 7) is 1.74. The molecule has 19 heavy (non-hydrogen) atoms. The molecular formula is C12H13ClF3NO2. The van der Waals surface area contributed by atoms with Gasteiger partial charge in [0.05, 0.1) is 18.6 Å². The van der Waals surface area contributed by atoms with E-state index in [1.807, 2.05) is 0 Å². The summed E-state index contributed by atoms with van der Waals surface area (Å²) in [5.74, 6) is -0.664. The van der Waals surface area contributed by atoms with Gasteiger partial charge in [-0.15, -0.1) is 0 Å². The van der Waals surface area contributed by atoms with Gasteiger partial charge >= 0.3 is 12.1 Å². The quantitative estimate of drug-likeness (QED) is 0.867. The molecule has 0 saturated carbocycles. The first-order valence-corrected chi connectivity index (χ1v) is 5.92. The van der Waals surface area contributed by atoms with Crippen LogP contribution in [0.4, 0.5) is 13.2 Å². The van der Waals surface area contributed by atoms with Crippen LogP contribution in [-0.4, -0.2) is 12.6 Å². The Kier molecular flexibility index (Phi) is 5.20. The van der Waals surface area contributed by atoms with Crippen LogP contribution in [0.2, 0.25) is 5.02 Å². The highest BCUT2D eigenvalue weighted by atomic mass is 35.5. The maximum absolute atomic E-state index is 12.8. The fourth-order valence-electron chi connectivity index (χ4n) is 1.66. The summed E-state index contributed by atoms with van der Waals surface area (Å²) in [7, 11) is 0. The van der Waals surface area contributed by atoms with E-state index in [0.29, 0.717) is 0 Å². The average molecular weight is 296 g/mol. The van der Waals surface area contributed by atoms with Gasteiger partial charge in [0, 0.05) is 16.6 Å². The third-order valence-corrected chi connectivity index (χ3v) is 2.75. The van der Waals surface area contributed by atoms with Crippen molar-refractivity contribution in [2.75, 3.05) is 6.61 Å². The van der Waals surface area contributed by atoms with E-state index in [9.17, 15) is 18.0 Å². The van der Waals surface area contributed by atoms with E-state index in [1.165, 1.54) is 12.1 Å². The summed E-state index contributed by atoms with van der Waals surface area (Å²) in [6.07, 6.45) is -4.94. The second-order valence-electron chi connectivity index (χ2n) is 3.81. The lowest BCUT2D eigenvalue weighted by Crippen LogP contribution is -2.21. The van der Waals surface area contributed by atoms with Gasteiger partial charge in [-0.05, 0) is 19.1 Å². The summed E-state index contributed by atoms with van der Waals surface area (Å²) < 4.78 is 43.2. The lowest BCUT2D eigenvalue weighted by molar-refractivity contribution is -0.144.